The standard InChI is InChI=1S/C24H26N4O4S/c29-20(15-26-23(30)19-10-5-13-33-19)28-22(18-9-4-12-32-18)21(16-6-3-11-25-14-16)24(31)27-17-7-1-2-8-17/h3-6,9-14,17,21-22H,1-2,7-8,15H2,(H,26,30)(H,27,31)(H,28,29). The zero-order chi connectivity index (χ0) is 23.0. The van der Waals surface area contributed by atoms with Gasteiger partial charge in [0.25, 0.3) is 5.91 Å². The van der Waals surface area contributed by atoms with E-state index in [1.54, 1.807) is 48.1 Å². The largest absolute Gasteiger partial charge is 0.467 e. The summed E-state index contributed by atoms with van der Waals surface area (Å²) in [5, 5.41) is 10.4. The van der Waals surface area contributed by atoms with Gasteiger partial charge in [-0.2, -0.15) is 0 Å². The minimum Gasteiger partial charge on any atom is -0.467 e. The van der Waals surface area contributed by atoms with E-state index in [1.165, 1.54) is 17.6 Å². The van der Waals surface area contributed by atoms with Gasteiger partial charge in [0.05, 0.1) is 23.6 Å². The van der Waals surface area contributed by atoms with Gasteiger partial charge in [-0.3, -0.25) is 19.4 Å². The summed E-state index contributed by atoms with van der Waals surface area (Å²) in [4.78, 5) is 43.2. The molecule has 1 aliphatic carbocycles. The molecule has 3 aromatic rings. The van der Waals surface area contributed by atoms with Crippen molar-refractivity contribution in [1.29, 1.82) is 0 Å². The smallest absolute Gasteiger partial charge is 0.261 e. The molecule has 172 valence electrons. The Morgan fingerprint density at radius 1 is 1.12 bits per heavy atom. The first kappa shape index (κ1) is 22.7. The lowest BCUT2D eigenvalue weighted by Crippen LogP contribution is -2.45. The van der Waals surface area contributed by atoms with Crippen molar-refractivity contribution in [3.63, 3.8) is 0 Å². The fourth-order valence-corrected chi connectivity index (χ4v) is 4.72. The van der Waals surface area contributed by atoms with Crippen LogP contribution < -0.4 is 16.0 Å². The normalized spacial score (nSPS) is 15.5. The van der Waals surface area contributed by atoms with E-state index < -0.39 is 17.9 Å². The van der Waals surface area contributed by atoms with Crippen LogP contribution >= 0.6 is 11.3 Å². The number of rotatable bonds is 9. The van der Waals surface area contributed by atoms with Gasteiger partial charge in [-0.05, 0) is 48.1 Å². The van der Waals surface area contributed by atoms with E-state index in [0.717, 1.165) is 25.7 Å². The van der Waals surface area contributed by atoms with Crippen LogP contribution in [0.3, 0.4) is 0 Å². The maximum absolute atomic E-state index is 13.4. The molecule has 0 radical (unpaired) electrons. The fourth-order valence-electron chi connectivity index (χ4n) is 4.08. The second-order valence-electron chi connectivity index (χ2n) is 7.97. The topological polar surface area (TPSA) is 113 Å². The molecule has 1 aliphatic rings. The number of thiophene rings is 1. The maximum atomic E-state index is 13.4. The van der Waals surface area contributed by atoms with Crippen molar-refractivity contribution in [3.8, 4) is 0 Å². The molecule has 1 fully saturated rings. The summed E-state index contributed by atoms with van der Waals surface area (Å²) in [6.45, 7) is -0.224. The van der Waals surface area contributed by atoms with Crippen LogP contribution in [-0.2, 0) is 9.59 Å². The van der Waals surface area contributed by atoms with E-state index in [0.29, 0.717) is 16.2 Å². The minimum absolute atomic E-state index is 0.120. The van der Waals surface area contributed by atoms with E-state index in [2.05, 4.69) is 20.9 Å². The molecule has 2 unspecified atom stereocenters. The van der Waals surface area contributed by atoms with Gasteiger partial charge in [0.2, 0.25) is 11.8 Å². The number of amides is 3. The summed E-state index contributed by atoms with van der Waals surface area (Å²) < 4.78 is 5.60. The van der Waals surface area contributed by atoms with Crippen molar-refractivity contribution in [2.75, 3.05) is 6.54 Å². The lowest BCUT2D eigenvalue weighted by molar-refractivity contribution is -0.125. The van der Waals surface area contributed by atoms with Crippen molar-refractivity contribution in [2.45, 2.75) is 43.7 Å². The Balaban J connectivity index is 1.53. The van der Waals surface area contributed by atoms with Gasteiger partial charge >= 0.3 is 0 Å². The molecule has 4 rings (SSSR count). The van der Waals surface area contributed by atoms with Gasteiger partial charge < -0.3 is 20.4 Å². The number of hydrogen-bond donors (Lipinski definition) is 3. The average Bonchev–Trinajstić information content (AvgIpc) is 3.61. The highest BCUT2D eigenvalue weighted by atomic mass is 32.1. The van der Waals surface area contributed by atoms with Crippen molar-refractivity contribution >= 4 is 29.1 Å². The molecule has 2 atom stereocenters. The van der Waals surface area contributed by atoms with Crippen LogP contribution in [0.5, 0.6) is 0 Å². The molecule has 3 N–H and O–H groups in total. The lowest BCUT2D eigenvalue weighted by atomic mass is 9.89. The molecular weight excluding hydrogens is 440 g/mol. The van der Waals surface area contributed by atoms with E-state index in [1.807, 2.05) is 6.07 Å². The molecule has 3 aromatic heterocycles. The average molecular weight is 467 g/mol. The van der Waals surface area contributed by atoms with Crippen LogP contribution in [-0.4, -0.2) is 35.3 Å². The highest BCUT2D eigenvalue weighted by Crippen LogP contribution is 2.32. The first-order chi connectivity index (χ1) is 16.1. The first-order valence-corrected chi connectivity index (χ1v) is 11.8. The monoisotopic (exact) mass is 466 g/mol. The second-order valence-corrected chi connectivity index (χ2v) is 8.92. The van der Waals surface area contributed by atoms with Crippen molar-refractivity contribution < 1.29 is 18.8 Å². The molecular formula is C24H26N4O4S. The third-order valence-corrected chi connectivity index (χ3v) is 6.55. The van der Waals surface area contributed by atoms with E-state index in [9.17, 15) is 14.4 Å². The Labute approximate surface area is 195 Å². The maximum Gasteiger partial charge on any atom is 0.261 e. The predicted octanol–water partition coefficient (Wildman–Crippen LogP) is 3.17. The molecule has 3 heterocycles. The molecule has 9 heteroatoms. The van der Waals surface area contributed by atoms with Gasteiger partial charge in [-0.15, -0.1) is 11.3 Å². The van der Waals surface area contributed by atoms with Gasteiger partial charge in [0, 0.05) is 18.4 Å². The van der Waals surface area contributed by atoms with Crippen molar-refractivity contribution in [2.24, 2.45) is 0 Å². The minimum atomic E-state index is -0.767. The highest BCUT2D eigenvalue weighted by Gasteiger charge is 2.35. The number of furan rings is 1. The molecule has 8 nitrogen and oxygen atoms in total. The first-order valence-electron chi connectivity index (χ1n) is 11.0. The van der Waals surface area contributed by atoms with Crippen molar-refractivity contribution in [3.05, 3.63) is 76.6 Å². The van der Waals surface area contributed by atoms with E-state index >= 15 is 0 Å². The molecule has 0 saturated heterocycles. The Kier molecular flexibility index (Phi) is 7.51. The Morgan fingerprint density at radius 3 is 2.64 bits per heavy atom. The van der Waals surface area contributed by atoms with E-state index in [4.69, 9.17) is 4.42 Å². The molecule has 0 aliphatic heterocycles. The quantitative estimate of drug-likeness (QED) is 0.448. The molecule has 1 saturated carbocycles. The molecule has 0 spiro atoms. The highest BCUT2D eigenvalue weighted by molar-refractivity contribution is 7.12. The molecule has 3 amide bonds. The zero-order valence-electron chi connectivity index (χ0n) is 18.0. The Bertz CT molecular complexity index is 1050. The molecule has 0 aromatic carbocycles. The van der Waals surface area contributed by atoms with Crippen LogP contribution in [0.15, 0.2) is 64.9 Å². The number of hydrogen-bond acceptors (Lipinski definition) is 6. The molecule has 33 heavy (non-hydrogen) atoms. The molecule has 0 bridgehead atoms. The SMILES string of the molecule is O=C(CNC(=O)c1cccs1)NC(c1ccco1)C(C(=O)NC1CCCC1)c1cccnc1. The fraction of sp³-hybridized carbons (Fsp3) is 0.333. The van der Waals surface area contributed by atoms with Crippen LogP contribution in [0.2, 0.25) is 0 Å². The van der Waals surface area contributed by atoms with Gasteiger partial charge in [-0.25, -0.2) is 0 Å². The Hall–Kier alpha value is -3.46. The number of nitrogens with zero attached hydrogens (tertiary/aromatic N) is 1. The van der Waals surface area contributed by atoms with Gasteiger partial charge in [0.15, 0.2) is 0 Å². The van der Waals surface area contributed by atoms with Gasteiger partial charge in [-0.1, -0.05) is 25.0 Å². The summed E-state index contributed by atoms with van der Waals surface area (Å²) in [6.07, 6.45) is 8.82. The Morgan fingerprint density at radius 2 is 1.97 bits per heavy atom. The third-order valence-electron chi connectivity index (χ3n) is 5.68. The lowest BCUT2D eigenvalue weighted by Gasteiger charge is -2.27. The number of aromatic nitrogens is 1. The van der Waals surface area contributed by atoms with Crippen molar-refractivity contribution in [1.82, 2.24) is 20.9 Å². The zero-order valence-corrected chi connectivity index (χ0v) is 18.8. The number of carbonyl (C=O) groups is 3. The summed E-state index contributed by atoms with van der Waals surface area (Å²) >= 11 is 1.30. The summed E-state index contributed by atoms with van der Waals surface area (Å²) in [5.74, 6) is -1.24. The van der Waals surface area contributed by atoms with Crippen LogP contribution in [0, 0.1) is 0 Å². The second kappa shape index (κ2) is 10.9. The van der Waals surface area contributed by atoms with Gasteiger partial charge in [0.1, 0.15) is 11.8 Å². The van der Waals surface area contributed by atoms with E-state index in [-0.39, 0.29) is 24.4 Å². The summed E-state index contributed by atoms with van der Waals surface area (Å²) in [7, 11) is 0. The number of pyridine rings is 1. The van der Waals surface area contributed by atoms with Crippen LogP contribution in [0.25, 0.3) is 0 Å². The third kappa shape index (κ3) is 5.87. The van der Waals surface area contributed by atoms with Crippen LogP contribution in [0.1, 0.15) is 58.6 Å². The number of carbonyl (C=O) groups excluding carboxylic acids is 3. The summed E-state index contributed by atoms with van der Waals surface area (Å²) in [6, 6.07) is 9.82. The number of nitrogens with one attached hydrogen (secondary N) is 3. The predicted molar refractivity (Wildman–Crippen MR) is 124 cm³/mol. The van der Waals surface area contributed by atoms with Crippen LogP contribution in [0.4, 0.5) is 0 Å². The summed E-state index contributed by atoms with van der Waals surface area (Å²) in [5.41, 5.74) is 0.664.